The zero-order chi connectivity index (χ0) is 16.2. The van der Waals surface area contributed by atoms with E-state index in [1.165, 1.54) is 34.4 Å². The van der Waals surface area contributed by atoms with Gasteiger partial charge in [0.2, 0.25) is 0 Å². The van der Waals surface area contributed by atoms with E-state index in [4.69, 9.17) is 5.73 Å². The summed E-state index contributed by atoms with van der Waals surface area (Å²) in [6.45, 7) is 4.46. The fraction of sp³-hybridized carbons (Fsp3) is 0.143. The third-order valence-corrected chi connectivity index (χ3v) is 4.88. The lowest BCUT2D eigenvalue weighted by Gasteiger charge is -2.22. The molecule has 0 spiro atoms. The van der Waals surface area contributed by atoms with Gasteiger partial charge in [0.05, 0.1) is 0 Å². The number of anilines is 1. The molecule has 0 saturated carbocycles. The van der Waals surface area contributed by atoms with Gasteiger partial charge >= 0.3 is 0 Å². The van der Waals surface area contributed by atoms with E-state index in [2.05, 4.69) is 44.2 Å². The normalized spacial score (nSPS) is 14.4. The number of benzene rings is 3. The van der Waals surface area contributed by atoms with Crippen molar-refractivity contribution in [2.75, 3.05) is 5.73 Å². The topological polar surface area (TPSA) is 26.0 Å². The zero-order valence-corrected chi connectivity index (χ0v) is 13.2. The molecular weight excluding hydrogens is 285 g/mol. The third-order valence-electron chi connectivity index (χ3n) is 4.88. The molecule has 114 valence electrons. The lowest BCUT2D eigenvalue weighted by molar-refractivity contribution is 0.628. The van der Waals surface area contributed by atoms with Gasteiger partial charge in [-0.1, -0.05) is 44.2 Å². The quantitative estimate of drug-likeness (QED) is 0.600. The molecule has 23 heavy (non-hydrogen) atoms. The molecule has 3 aromatic carbocycles. The standard InChI is InChI=1S/C21H18FN/c1-21(2)19-11-14(13-3-6-15(22)7-4-13)5-9-17(19)18-10-8-16(23)12-20(18)21/h3-12H,23H2,1-2H3. The van der Waals surface area contributed by atoms with Gasteiger partial charge < -0.3 is 5.73 Å². The molecule has 0 aliphatic heterocycles. The van der Waals surface area contributed by atoms with Crippen molar-refractivity contribution in [2.24, 2.45) is 0 Å². The Kier molecular flexibility index (Phi) is 2.86. The van der Waals surface area contributed by atoms with Crippen molar-refractivity contribution in [3.63, 3.8) is 0 Å². The van der Waals surface area contributed by atoms with Crippen LogP contribution in [0.2, 0.25) is 0 Å². The highest BCUT2D eigenvalue weighted by molar-refractivity contribution is 5.84. The molecule has 0 bridgehead atoms. The summed E-state index contributed by atoms with van der Waals surface area (Å²) < 4.78 is 13.2. The summed E-state index contributed by atoms with van der Waals surface area (Å²) in [7, 11) is 0. The fourth-order valence-electron chi connectivity index (χ4n) is 3.58. The first-order valence-electron chi connectivity index (χ1n) is 7.78. The van der Waals surface area contributed by atoms with Crippen LogP contribution in [-0.2, 0) is 5.41 Å². The molecule has 2 N–H and O–H groups in total. The van der Waals surface area contributed by atoms with E-state index in [-0.39, 0.29) is 11.2 Å². The van der Waals surface area contributed by atoms with Gasteiger partial charge in [-0.05, 0) is 63.7 Å². The maximum atomic E-state index is 13.2. The van der Waals surface area contributed by atoms with E-state index < -0.39 is 0 Å². The van der Waals surface area contributed by atoms with E-state index in [1.807, 2.05) is 18.2 Å². The summed E-state index contributed by atoms with van der Waals surface area (Å²) >= 11 is 0. The highest BCUT2D eigenvalue weighted by Gasteiger charge is 2.35. The second kappa shape index (κ2) is 4.69. The SMILES string of the molecule is CC1(C)c2cc(N)ccc2-c2ccc(-c3ccc(F)cc3)cc21. The van der Waals surface area contributed by atoms with E-state index in [0.29, 0.717) is 0 Å². The first kappa shape index (κ1) is 14.0. The van der Waals surface area contributed by atoms with Crippen LogP contribution in [0.25, 0.3) is 22.3 Å². The second-order valence-electron chi connectivity index (χ2n) is 6.70. The van der Waals surface area contributed by atoms with Crippen LogP contribution in [-0.4, -0.2) is 0 Å². The molecule has 0 heterocycles. The van der Waals surface area contributed by atoms with Crippen molar-refractivity contribution in [1.82, 2.24) is 0 Å². The van der Waals surface area contributed by atoms with Crippen LogP contribution in [0.3, 0.4) is 0 Å². The van der Waals surface area contributed by atoms with Crippen LogP contribution in [0.15, 0.2) is 60.7 Å². The molecule has 3 aromatic rings. The third kappa shape index (κ3) is 2.06. The van der Waals surface area contributed by atoms with E-state index >= 15 is 0 Å². The molecule has 0 unspecified atom stereocenters. The molecule has 2 heteroatoms. The zero-order valence-electron chi connectivity index (χ0n) is 13.2. The van der Waals surface area contributed by atoms with Gasteiger partial charge in [-0.3, -0.25) is 0 Å². The molecular formula is C21H18FN. The molecule has 0 aromatic heterocycles. The Bertz CT molecular complexity index is 908. The van der Waals surface area contributed by atoms with E-state index in [0.717, 1.165) is 16.8 Å². The maximum absolute atomic E-state index is 13.2. The van der Waals surface area contributed by atoms with Crippen molar-refractivity contribution >= 4 is 5.69 Å². The predicted molar refractivity (Wildman–Crippen MR) is 93.8 cm³/mol. The highest BCUT2D eigenvalue weighted by atomic mass is 19.1. The lowest BCUT2D eigenvalue weighted by Crippen LogP contribution is -2.15. The Morgan fingerprint density at radius 2 is 1.30 bits per heavy atom. The number of rotatable bonds is 1. The number of halogens is 1. The van der Waals surface area contributed by atoms with Crippen LogP contribution in [0.5, 0.6) is 0 Å². The molecule has 1 nitrogen and oxygen atoms in total. The first-order valence-corrected chi connectivity index (χ1v) is 7.78. The largest absolute Gasteiger partial charge is 0.399 e. The van der Waals surface area contributed by atoms with Gasteiger partial charge in [-0.15, -0.1) is 0 Å². The Hall–Kier alpha value is -2.61. The van der Waals surface area contributed by atoms with Gasteiger partial charge in [0.25, 0.3) is 0 Å². The second-order valence-corrected chi connectivity index (χ2v) is 6.70. The number of hydrogen-bond acceptors (Lipinski definition) is 1. The van der Waals surface area contributed by atoms with Crippen LogP contribution in [0.1, 0.15) is 25.0 Å². The van der Waals surface area contributed by atoms with Gasteiger partial charge in [0.1, 0.15) is 5.82 Å². The van der Waals surface area contributed by atoms with E-state index in [1.54, 1.807) is 0 Å². The number of nitrogen functional groups attached to an aromatic ring is 1. The van der Waals surface area contributed by atoms with Gasteiger partial charge in [-0.25, -0.2) is 4.39 Å². The van der Waals surface area contributed by atoms with Crippen molar-refractivity contribution in [1.29, 1.82) is 0 Å². The minimum absolute atomic E-state index is 0.0872. The van der Waals surface area contributed by atoms with Crippen LogP contribution < -0.4 is 5.73 Å². The summed E-state index contributed by atoms with van der Waals surface area (Å²) in [6.07, 6.45) is 0. The van der Waals surface area contributed by atoms with Crippen LogP contribution in [0.4, 0.5) is 10.1 Å². The summed E-state index contributed by atoms with van der Waals surface area (Å²) in [5.41, 5.74) is 13.9. The average Bonchev–Trinajstić information content (AvgIpc) is 2.76. The molecule has 0 atom stereocenters. The van der Waals surface area contributed by atoms with Crippen LogP contribution >= 0.6 is 0 Å². The minimum Gasteiger partial charge on any atom is -0.399 e. The fourth-order valence-corrected chi connectivity index (χ4v) is 3.58. The van der Waals surface area contributed by atoms with Gasteiger partial charge in [-0.2, -0.15) is 0 Å². The number of hydrogen-bond donors (Lipinski definition) is 1. The minimum atomic E-state index is -0.210. The molecule has 4 rings (SSSR count). The predicted octanol–water partition coefficient (Wildman–Crippen LogP) is 5.38. The Morgan fingerprint density at radius 3 is 2.00 bits per heavy atom. The van der Waals surface area contributed by atoms with E-state index in [9.17, 15) is 4.39 Å². The summed E-state index contributed by atoms with van der Waals surface area (Å²) in [5.74, 6) is -0.210. The Labute approximate surface area is 135 Å². The van der Waals surface area contributed by atoms with Gasteiger partial charge in [0, 0.05) is 11.1 Å². The van der Waals surface area contributed by atoms with Crippen LogP contribution in [0, 0.1) is 5.82 Å². The molecule has 0 fully saturated rings. The molecule has 0 radical (unpaired) electrons. The highest BCUT2D eigenvalue weighted by Crippen LogP contribution is 2.50. The number of nitrogens with two attached hydrogens (primary N) is 1. The van der Waals surface area contributed by atoms with Crippen molar-refractivity contribution in [2.45, 2.75) is 19.3 Å². The Morgan fingerprint density at radius 1 is 0.739 bits per heavy atom. The molecule has 1 aliphatic carbocycles. The summed E-state index contributed by atoms with van der Waals surface area (Å²) in [6, 6.07) is 19.3. The first-order chi connectivity index (χ1) is 11.0. The lowest BCUT2D eigenvalue weighted by atomic mass is 9.81. The average molecular weight is 303 g/mol. The Balaban J connectivity index is 1.90. The van der Waals surface area contributed by atoms with Crippen molar-refractivity contribution < 1.29 is 4.39 Å². The summed E-state index contributed by atoms with van der Waals surface area (Å²) in [5, 5.41) is 0. The molecule has 1 aliphatic rings. The molecule has 0 saturated heterocycles. The molecule has 0 amide bonds. The van der Waals surface area contributed by atoms with Crippen molar-refractivity contribution in [3.05, 3.63) is 77.6 Å². The number of fused-ring (bicyclic) bond motifs is 3. The monoisotopic (exact) mass is 303 g/mol. The maximum Gasteiger partial charge on any atom is 0.123 e. The van der Waals surface area contributed by atoms with Crippen molar-refractivity contribution in [3.8, 4) is 22.3 Å². The van der Waals surface area contributed by atoms with Gasteiger partial charge in [0.15, 0.2) is 0 Å². The summed E-state index contributed by atoms with van der Waals surface area (Å²) in [4.78, 5) is 0. The smallest absolute Gasteiger partial charge is 0.123 e.